The standard InChI is InChI=1S/2C11H14O2/c2*1-8-4-6-9(7-5-8)10(12)11(2,3)13/h2*4-7,13H,1-3H3. The van der Waals surface area contributed by atoms with Crippen molar-refractivity contribution in [3.05, 3.63) is 70.8 Å². The monoisotopic (exact) mass is 356 g/mol. The largest absolute Gasteiger partial charge is 0.382 e. The number of ketones is 2. The summed E-state index contributed by atoms with van der Waals surface area (Å²) in [6.45, 7) is 9.89. The average molecular weight is 356 g/mol. The van der Waals surface area contributed by atoms with Crippen molar-refractivity contribution in [2.24, 2.45) is 0 Å². The molecule has 26 heavy (non-hydrogen) atoms. The third kappa shape index (κ3) is 6.54. The average Bonchev–Trinajstić information content (AvgIpc) is 2.54. The summed E-state index contributed by atoms with van der Waals surface area (Å²) < 4.78 is 0. The molecule has 0 aliphatic heterocycles. The Morgan fingerprint density at radius 3 is 1.04 bits per heavy atom. The van der Waals surface area contributed by atoms with Crippen LogP contribution in [0.3, 0.4) is 0 Å². The van der Waals surface area contributed by atoms with Gasteiger partial charge < -0.3 is 10.2 Å². The van der Waals surface area contributed by atoms with Crippen molar-refractivity contribution >= 4 is 11.6 Å². The molecule has 2 aromatic carbocycles. The highest BCUT2D eigenvalue weighted by atomic mass is 16.3. The highest BCUT2D eigenvalue weighted by Gasteiger charge is 2.25. The van der Waals surface area contributed by atoms with Gasteiger partial charge in [-0.05, 0) is 41.5 Å². The van der Waals surface area contributed by atoms with Crippen LogP contribution in [0.25, 0.3) is 0 Å². The van der Waals surface area contributed by atoms with Crippen molar-refractivity contribution < 1.29 is 19.8 Å². The van der Waals surface area contributed by atoms with E-state index in [2.05, 4.69) is 0 Å². The van der Waals surface area contributed by atoms with Crippen molar-refractivity contribution in [3.63, 3.8) is 0 Å². The first-order valence-electron chi connectivity index (χ1n) is 8.50. The van der Waals surface area contributed by atoms with E-state index in [9.17, 15) is 19.8 Å². The predicted molar refractivity (Wildman–Crippen MR) is 104 cm³/mol. The van der Waals surface area contributed by atoms with E-state index in [-0.39, 0.29) is 11.6 Å². The summed E-state index contributed by atoms with van der Waals surface area (Å²) in [5, 5.41) is 18.9. The number of benzene rings is 2. The molecular formula is C22H28O4. The number of carbonyl (C=O) groups is 2. The molecular weight excluding hydrogens is 328 g/mol. The molecule has 4 heteroatoms. The Morgan fingerprint density at radius 2 is 0.846 bits per heavy atom. The van der Waals surface area contributed by atoms with Crippen molar-refractivity contribution in [3.8, 4) is 0 Å². The molecule has 0 atom stereocenters. The van der Waals surface area contributed by atoms with E-state index in [0.717, 1.165) is 11.1 Å². The predicted octanol–water partition coefficient (Wildman–Crippen LogP) is 3.90. The highest BCUT2D eigenvalue weighted by Crippen LogP contribution is 2.14. The Hall–Kier alpha value is -2.30. The second-order valence-corrected chi connectivity index (χ2v) is 7.51. The Balaban J connectivity index is 0.000000260. The van der Waals surface area contributed by atoms with Gasteiger partial charge in [-0.3, -0.25) is 9.59 Å². The first-order valence-corrected chi connectivity index (χ1v) is 8.50. The zero-order chi connectivity index (χ0) is 20.1. The normalized spacial score (nSPS) is 11.4. The number of hydrogen-bond acceptors (Lipinski definition) is 4. The van der Waals surface area contributed by atoms with Crippen molar-refractivity contribution in [2.75, 3.05) is 0 Å². The van der Waals surface area contributed by atoms with E-state index < -0.39 is 11.2 Å². The summed E-state index contributed by atoms with van der Waals surface area (Å²) in [7, 11) is 0. The van der Waals surface area contributed by atoms with Gasteiger partial charge >= 0.3 is 0 Å². The fourth-order valence-electron chi connectivity index (χ4n) is 2.12. The summed E-state index contributed by atoms with van der Waals surface area (Å²) in [6, 6.07) is 14.4. The molecule has 0 radical (unpaired) electrons. The third-order valence-corrected chi connectivity index (χ3v) is 3.74. The Bertz CT molecular complexity index is 675. The van der Waals surface area contributed by atoms with Gasteiger partial charge in [0.25, 0.3) is 0 Å². The number of aryl methyl sites for hydroxylation is 2. The molecule has 0 aromatic heterocycles. The lowest BCUT2D eigenvalue weighted by Crippen LogP contribution is -2.30. The molecule has 0 unspecified atom stereocenters. The molecule has 140 valence electrons. The van der Waals surface area contributed by atoms with Gasteiger partial charge in [0, 0.05) is 11.1 Å². The lowest BCUT2D eigenvalue weighted by atomic mass is 9.96. The van der Waals surface area contributed by atoms with Crippen LogP contribution in [0.4, 0.5) is 0 Å². The van der Waals surface area contributed by atoms with Crippen LogP contribution in [0.5, 0.6) is 0 Å². The molecule has 2 N–H and O–H groups in total. The number of aliphatic hydroxyl groups is 2. The molecule has 0 spiro atoms. The zero-order valence-corrected chi connectivity index (χ0v) is 16.3. The molecule has 0 heterocycles. The Morgan fingerprint density at radius 1 is 0.615 bits per heavy atom. The van der Waals surface area contributed by atoms with Crippen LogP contribution in [0.1, 0.15) is 59.5 Å². The van der Waals surface area contributed by atoms with Gasteiger partial charge in [-0.15, -0.1) is 0 Å². The van der Waals surface area contributed by atoms with Crippen LogP contribution >= 0.6 is 0 Å². The van der Waals surface area contributed by atoms with Crippen molar-refractivity contribution in [1.82, 2.24) is 0 Å². The third-order valence-electron chi connectivity index (χ3n) is 3.74. The van der Waals surface area contributed by atoms with E-state index in [1.54, 1.807) is 24.3 Å². The zero-order valence-electron chi connectivity index (χ0n) is 16.3. The maximum Gasteiger partial charge on any atom is 0.193 e. The van der Waals surface area contributed by atoms with Crippen molar-refractivity contribution in [2.45, 2.75) is 52.7 Å². The molecule has 0 saturated carbocycles. The number of carbonyl (C=O) groups excluding carboxylic acids is 2. The smallest absolute Gasteiger partial charge is 0.193 e. The van der Waals surface area contributed by atoms with E-state index in [4.69, 9.17) is 0 Å². The Labute approximate surface area is 155 Å². The van der Waals surface area contributed by atoms with Gasteiger partial charge in [-0.2, -0.15) is 0 Å². The van der Waals surface area contributed by atoms with Gasteiger partial charge in [0.05, 0.1) is 0 Å². The van der Waals surface area contributed by atoms with Crippen LogP contribution in [0.15, 0.2) is 48.5 Å². The van der Waals surface area contributed by atoms with Gasteiger partial charge in [-0.25, -0.2) is 0 Å². The van der Waals surface area contributed by atoms with Crippen LogP contribution in [-0.4, -0.2) is 33.0 Å². The SMILES string of the molecule is Cc1ccc(C(=O)C(C)(C)O)cc1.Cc1ccc(C(=O)C(C)(C)O)cc1. The highest BCUT2D eigenvalue weighted by molar-refractivity contribution is 6.02. The molecule has 0 fully saturated rings. The minimum Gasteiger partial charge on any atom is -0.382 e. The molecule has 0 amide bonds. The maximum absolute atomic E-state index is 11.5. The second-order valence-electron chi connectivity index (χ2n) is 7.51. The van der Waals surface area contributed by atoms with Crippen LogP contribution in [0, 0.1) is 13.8 Å². The number of rotatable bonds is 4. The fraction of sp³-hybridized carbons (Fsp3) is 0.364. The summed E-state index contributed by atoms with van der Waals surface area (Å²) in [5.41, 5.74) is 0.751. The summed E-state index contributed by atoms with van der Waals surface area (Å²) in [5.74, 6) is -0.486. The van der Waals surface area contributed by atoms with Gasteiger partial charge in [0.2, 0.25) is 0 Å². The van der Waals surface area contributed by atoms with Gasteiger partial charge in [0.1, 0.15) is 11.2 Å². The lowest BCUT2D eigenvalue weighted by molar-refractivity contribution is 0.0487. The summed E-state index contributed by atoms with van der Waals surface area (Å²) in [4.78, 5) is 23.1. The first kappa shape index (κ1) is 21.7. The van der Waals surface area contributed by atoms with Crippen molar-refractivity contribution in [1.29, 1.82) is 0 Å². The minimum absolute atomic E-state index is 0.243. The first-order chi connectivity index (χ1) is 11.8. The summed E-state index contributed by atoms with van der Waals surface area (Å²) >= 11 is 0. The number of hydrogen-bond donors (Lipinski definition) is 2. The van der Waals surface area contributed by atoms with E-state index in [1.807, 2.05) is 38.1 Å². The van der Waals surface area contributed by atoms with E-state index in [0.29, 0.717) is 11.1 Å². The maximum atomic E-state index is 11.5. The quantitative estimate of drug-likeness (QED) is 0.815. The van der Waals surface area contributed by atoms with Crippen LogP contribution in [-0.2, 0) is 0 Å². The van der Waals surface area contributed by atoms with Crippen LogP contribution < -0.4 is 0 Å². The van der Waals surface area contributed by atoms with E-state index >= 15 is 0 Å². The van der Waals surface area contributed by atoms with Gasteiger partial charge in [-0.1, -0.05) is 59.7 Å². The minimum atomic E-state index is -1.28. The molecule has 0 bridgehead atoms. The molecule has 2 rings (SSSR count). The van der Waals surface area contributed by atoms with Crippen LogP contribution in [0.2, 0.25) is 0 Å². The lowest BCUT2D eigenvalue weighted by Gasteiger charge is -2.15. The number of Topliss-reactive ketones (excluding diaryl/α,β-unsaturated/α-hetero) is 2. The molecule has 4 nitrogen and oxygen atoms in total. The molecule has 0 saturated heterocycles. The second kappa shape index (κ2) is 8.39. The topological polar surface area (TPSA) is 74.6 Å². The summed E-state index contributed by atoms with van der Waals surface area (Å²) in [6.07, 6.45) is 0. The van der Waals surface area contributed by atoms with E-state index in [1.165, 1.54) is 27.7 Å². The molecule has 0 aliphatic rings. The molecule has 2 aromatic rings. The molecule has 0 aliphatic carbocycles. The Kier molecular flexibility index (Phi) is 7.01. The van der Waals surface area contributed by atoms with Gasteiger partial charge in [0.15, 0.2) is 11.6 Å². The fourth-order valence-corrected chi connectivity index (χ4v) is 2.12.